The minimum Gasteiger partial charge on any atom is -0.427 e. The molecule has 5 aliphatic rings. The van der Waals surface area contributed by atoms with Gasteiger partial charge in [-0.25, -0.2) is 9.78 Å². The third kappa shape index (κ3) is 10.4. The van der Waals surface area contributed by atoms with Gasteiger partial charge in [-0.15, -0.1) is 11.8 Å². The summed E-state index contributed by atoms with van der Waals surface area (Å²) in [6, 6.07) is 36.9. The van der Waals surface area contributed by atoms with Gasteiger partial charge >= 0.3 is 12.1 Å². The summed E-state index contributed by atoms with van der Waals surface area (Å²) in [5.74, 6) is 0.480. The highest BCUT2D eigenvalue weighted by atomic mass is 32.2. The first-order chi connectivity index (χ1) is 36.4. The Morgan fingerprint density at radius 3 is 2.05 bits per heavy atom. The van der Waals surface area contributed by atoms with Gasteiger partial charge in [0.15, 0.2) is 0 Å². The van der Waals surface area contributed by atoms with Gasteiger partial charge < -0.3 is 29.6 Å². The van der Waals surface area contributed by atoms with Crippen molar-refractivity contribution < 1.29 is 28.7 Å². The van der Waals surface area contributed by atoms with Crippen LogP contribution in [0.4, 0.5) is 4.79 Å². The van der Waals surface area contributed by atoms with Crippen LogP contribution in [0, 0.1) is 17.8 Å². The zero-order valence-corrected chi connectivity index (χ0v) is 44.2. The number of imidazole rings is 1. The van der Waals surface area contributed by atoms with Crippen molar-refractivity contribution >= 4 is 58.0 Å². The molecule has 1 saturated carbocycles. The lowest BCUT2D eigenvalue weighted by molar-refractivity contribution is -0.144. The molecule has 3 fully saturated rings. The van der Waals surface area contributed by atoms with Crippen molar-refractivity contribution in [2.24, 2.45) is 22.7 Å². The first kappa shape index (κ1) is 50.2. The van der Waals surface area contributed by atoms with E-state index >= 15 is 0 Å². The lowest BCUT2D eigenvalue weighted by atomic mass is 9.88. The molecule has 1 aliphatic carbocycles. The van der Waals surface area contributed by atoms with Crippen molar-refractivity contribution in [3.05, 3.63) is 138 Å². The highest BCUT2D eigenvalue weighted by molar-refractivity contribution is 8.01. The second-order valence-electron chi connectivity index (χ2n) is 21.8. The number of allylic oxidation sites excluding steroid dienone is 1. The molecule has 4 atom stereocenters. The van der Waals surface area contributed by atoms with Crippen LogP contribution in [-0.4, -0.2) is 79.3 Å². The first-order valence-corrected chi connectivity index (χ1v) is 27.8. The second-order valence-corrected chi connectivity index (χ2v) is 23.3. The number of nitrogens with zero attached hydrogens (tertiary/aromatic N) is 4. The molecule has 386 valence electrons. The Hall–Kier alpha value is -6.99. The van der Waals surface area contributed by atoms with E-state index in [4.69, 9.17) is 19.5 Å². The summed E-state index contributed by atoms with van der Waals surface area (Å²) in [5.41, 5.74) is 11.3. The Bertz CT molecular complexity index is 3180. The maximum absolute atomic E-state index is 14.2. The molecular formula is C62H66N6O6S. The Labute approximate surface area is 443 Å². The number of esters is 1. The molecule has 0 radical (unpaired) electrons. The monoisotopic (exact) mass is 1020 g/mol. The van der Waals surface area contributed by atoms with E-state index in [9.17, 15) is 19.2 Å². The zero-order chi connectivity index (χ0) is 51.8. The van der Waals surface area contributed by atoms with Gasteiger partial charge in [-0.1, -0.05) is 119 Å². The van der Waals surface area contributed by atoms with E-state index in [1.807, 2.05) is 68.0 Å². The van der Waals surface area contributed by atoms with Crippen molar-refractivity contribution in [3.8, 4) is 33.8 Å². The van der Waals surface area contributed by atoms with Crippen LogP contribution in [0.25, 0.3) is 38.9 Å². The zero-order valence-electron chi connectivity index (χ0n) is 43.4. The van der Waals surface area contributed by atoms with E-state index in [1.54, 1.807) is 36.4 Å². The molecule has 13 heteroatoms. The minimum atomic E-state index is -0.751. The lowest BCUT2D eigenvalue weighted by Gasteiger charge is -2.30. The predicted octanol–water partition coefficient (Wildman–Crippen LogP) is 12.8. The fourth-order valence-corrected chi connectivity index (χ4v) is 13.9. The molecule has 4 aliphatic heterocycles. The molecule has 1 aromatic heterocycles. The topological polar surface area (TPSA) is 146 Å². The fourth-order valence-electron chi connectivity index (χ4n) is 12.1. The second kappa shape index (κ2) is 21.3. The molecule has 2 saturated heterocycles. The highest BCUT2D eigenvalue weighted by Crippen LogP contribution is 2.58. The number of para-hydroxylation sites is 2. The summed E-state index contributed by atoms with van der Waals surface area (Å²) in [6.45, 7) is 9.11. The molecule has 0 bridgehead atoms. The Kier molecular flexibility index (Phi) is 14.3. The van der Waals surface area contributed by atoms with Gasteiger partial charge in [-0.3, -0.25) is 19.4 Å². The smallest absolute Gasteiger partial charge is 0.413 e. The number of fused-ring (bicyclic) bond motifs is 2. The van der Waals surface area contributed by atoms with Crippen molar-refractivity contribution in [1.82, 2.24) is 25.1 Å². The summed E-state index contributed by atoms with van der Waals surface area (Å²) in [6.07, 6.45) is 11.4. The van der Waals surface area contributed by atoms with Gasteiger partial charge in [0.1, 0.15) is 23.4 Å². The predicted molar refractivity (Wildman–Crippen MR) is 295 cm³/mol. The van der Waals surface area contributed by atoms with Crippen LogP contribution in [0.15, 0.2) is 131 Å². The van der Waals surface area contributed by atoms with Gasteiger partial charge in [0.25, 0.3) is 0 Å². The normalized spacial score (nSPS) is 19.7. The van der Waals surface area contributed by atoms with E-state index in [0.29, 0.717) is 31.0 Å². The van der Waals surface area contributed by atoms with Crippen LogP contribution in [0.1, 0.15) is 115 Å². The van der Waals surface area contributed by atoms with Crippen molar-refractivity contribution in [2.45, 2.75) is 126 Å². The number of likely N-dealkylation sites (tertiary alicyclic amines) is 2. The van der Waals surface area contributed by atoms with E-state index in [-0.39, 0.29) is 46.9 Å². The Morgan fingerprint density at radius 1 is 0.720 bits per heavy atom. The summed E-state index contributed by atoms with van der Waals surface area (Å²) in [5, 5.41) is 2.85. The number of benzene rings is 5. The van der Waals surface area contributed by atoms with E-state index in [0.717, 1.165) is 71.4 Å². The molecule has 11 rings (SSSR count). The van der Waals surface area contributed by atoms with Crippen LogP contribution >= 0.6 is 11.8 Å². The molecule has 75 heavy (non-hydrogen) atoms. The summed E-state index contributed by atoms with van der Waals surface area (Å²) in [7, 11) is 0. The van der Waals surface area contributed by atoms with Gasteiger partial charge in [0, 0.05) is 41.1 Å². The maximum Gasteiger partial charge on any atom is 0.413 e. The molecule has 12 nitrogen and oxygen atoms in total. The molecular weight excluding hydrogens is 957 g/mol. The fraction of sp³-hybridized carbons (Fsp3) is 0.387. The summed E-state index contributed by atoms with van der Waals surface area (Å²) in [4.78, 5) is 73.2. The third-order valence-corrected chi connectivity index (χ3v) is 17.8. The summed E-state index contributed by atoms with van der Waals surface area (Å²) >= 11 is 2.09. The van der Waals surface area contributed by atoms with Crippen molar-refractivity contribution in [2.75, 3.05) is 13.1 Å². The number of thioether (sulfide) groups is 1. The number of aromatic nitrogens is 2. The summed E-state index contributed by atoms with van der Waals surface area (Å²) < 4.78 is 11.3. The van der Waals surface area contributed by atoms with E-state index in [1.165, 1.54) is 52.8 Å². The number of hydrogen-bond donors (Lipinski definition) is 2. The van der Waals surface area contributed by atoms with Crippen LogP contribution in [-0.2, 0) is 20.8 Å². The SMILES string of the molecule is CC(C)[C@H](CC(=O)Oc1ccccc1)C(=O)N1CCC[C@H]1C1=NC=C(c2ccc(-c3ccc(-c4ccc5nc([C@@H]6CCCN6C(=O)[C@@H](NC(=O)Oc6ccccc6)C(C)C)[nH]c5c4)c4c3SC3(CCCC3)C4)cc2)C1. The molecule has 3 amide bonds. The van der Waals surface area contributed by atoms with Crippen molar-refractivity contribution in [1.29, 1.82) is 0 Å². The number of carbonyl (C=O) groups is 4. The van der Waals surface area contributed by atoms with Gasteiger partial charge in [-0.2, -0.15) is 0 Å². The van der Waals surface area contributed by atoms with Crippen LogP contribution in [0.2, 0.25) is 0 Å². The number of aliphatic imine (C=N–C) groups is 1. The number of H-pyrrole nitrogens is 1. The molecule has 6 aromatic rings. The number of ether oxygens (including phenoxy) is 2. The average Bonchev–Trinajstić information content (AvgIpc) is 4.29. The Balaban J connectivity index is 0.785. The quantitative estimate of drug-likeness (QED) is 0.0810. The average molecular weight is 1020 g/mol. The van der Waals surface area contributed by atoms with Crippen molar-refractivity contribution in [3.63, 3.8) is 0 Å². The minimum absolute atomic E-state index is 0.00184. The molecule has 0 unspecified atom stereocenters. The van der Waals surface area contributed by atoms with Gasteiger partial charge in [0.2, 0.25) is 11.8 Å². The van der Waals surface area contributed by atoms with E-state index in [2.05, 4.69) is 76.7 Å². The number of aromatic amines is 1. The maximum atomic E-state index is 14.2. The van der Waals surface area contributed by atoms with Gasteiger partial charge in [-0.05, 0) is 132 Å². The molecule has 5 aromatic carbocycles. The molecule has 1 spiro atoms. The third-order valence-electron chi connectivity index (χ3n) is 16.1. The standard InChI is InChI=1S/C62H66N6O6S/c1-38(2)48(35-55(69)73-44-15-7-5-8-16-44)59(70)67-31-13-19-53(67)52-34-43(37-63-52)40-21-23-41(24-22-40)47-27-26-46(49-36-62(75-57(47)49)29-11-12-30-62)42-25-28-50-51(33-42)65-58(64-50)54-20-14-32-68(54)60(71)56(39(3)4)66-61(72)74-45-17-9-6-10-18-45/h5-10,15-18,21-28,33,37-39,48,53-54,56H,11-14,19-20,29-32,34-36H2,1-4H3,(H,64,65)(H,66,72)/t48-,53-,54-,56-/m0/s1. The first-order valence-electron chi connectivity index (χ1n) is 27.0. The van der Waals surface area contributed by atoms with Crippen LogP contribution in [0.5, 0.6) is 11.5 Å². The number of carbonyl (C=O) groups excluding carboxylic acids is 4. The largest absolute Gasteiger partial charge is 0.427 e. The number of nitrogens with one attached hydrogen (secondary N) is 2. The number of hydrogen-bond acceptors (Lipinski definition) is 9. The van der Waals surface area contributed by atoms with E-state index < -0.39 is 24.0 Å². The lowest BCUT2D eigenvalue weighted by Crippen LogP contribution is -2.51. The van der Waals surface area contributed by atoms with Crippen LogP contribution in [0.3, 0.4) is 0 Å². The Morgan fingerprint density at radius 2 is 1.36 bits per heavy atom. The molecule has 2 N–H and O–H groups in total. The number of amides is 3. The highest BCUT2D eigenvalue weighted by Gasteiger charge is 2.44. The van der Waals surface area contributed by atoms with Crippen LogP contribution < -0.4 is 14.8 Å². The number of rotatable bonds is 14. The van der Waals surface area contributed by atoms with Gasteiger partial charge in [0.05, 0.1) is 35.5 Å². The molecule has 5 heterocycles.